The fourth-order valence-electron chi connectivity index (χ4n) is 2.39. The molecule has 2 rings (SSSR count). The summed E-state index contributed by atoms with van der Waals surface area (Å²) in [6, 6.07) is 14.4. The van der Waals surface area contributed by atoms with E-state index in [1.807, 2.05) is 12.1 Å². The lowest BCUT2D eigenvalue weighted by molar-refractivity contribution is 0.280. The fourth-order valence-corrected chi connectivity index (χ4v) is 2.39. The van der Waals surface area contributed by atoms with E-state index in [1.165, 1.54) is 5.56 Å². The number of rotatable bonds is 9. The molecule has 0 saturated carbocycles. The molecular formula is C20H28N2O2. The Hall–Kier alpha value is -2.04. The van der Waals surface area contributed by atoms with Gasteiger partial charge in [-0.15, -0.1) is 0 Å². The van der Waals surface area contributed by atoms with Gasteiger partial charge in [0.15, 0.2) is 11.5 Å². The Balaban J connectivity index is 2.03. The third-order valence-corrected chi connectivity index (χ3v) is 3.84. The second kappa shape index (κ2) is 9.30. The summed E-state index contributed by atoms with van der Waals surface area (Å²) >= 11 is 0. The third kappa shape index (κ3) is 5.55. The molecule has 24 heavy (non-hydrogen) atoms. The summed E-state index contributed by atoms with van der Waals surface area (Å²) in [7, 11) is 5.82. The SMILES string of the molecule is COc1cccc(CNCCN(C)C)c1OCc1ccc(C)cc1. The lowest BCUT2D eigenvalue weighted by atomic mass is 10.1. The van der Waals surface area contributed by atoms with E-state index in [4.69, 9.17) is 9.47 Å². The van der Waals surface area contributed by atoms with Gasteiger partial charge < -0.3 is 19.7 Å². The van der Waals surface area contributed by atoms with Crippen LogP contribution in [0.1, 0.15) is 16.7 Å². The van der Waals surface area contributed by atoms with Gasteiger partial charge in [0.05, 0.1) is 7.11 Å². The Morgan fingerprint density at radius 2 is 1.79 bits per heavy atom. The Kier molecular flexibility index (Phi) is 7.09. The molecule has 0 atom stereocenters. The summed E-state index contributed by atoms with van der Waals surface area (Å²) in [4.78, 5) is 2.16. The molecule has 4 nitrogen and oxygen atoms in total. The van der Waals surface area contributed by atoms with Crippen LogP contribution in [0, 0.1) is 6.92 Å². The van der Waals surface area contributed by atoms with Crippen LogP contribution >= 0.6 is 0 Å². The van der Waals surface area contributed by atoms with Crippen LogP contribution in [0.5, 0.6) is 11.5 Å². The number of nitrogens with one attached hydrogen (secondary N) is 1. The first kappa shape index (κ1) is 18.3. The molecule has 2 aromatic rings. The zero-order valence-corrected chi connectivity index (χ0v) is 15.1. The Labute approximate surface area is 145 Å². The Morgan fingerprint density at radius 1 is 1.04 bits per heavy atom. The van der Waals surface area contributed by atoms with Gasteiger partial charge in [-0.2, -0.15) is 0 Å². The number of para-hydroxylation sites is 1. The lowest BCUT2D eigenvalue weighted by Crippen LogP contribution is -2.26. The van der Waals surface area contributed by atoms with Crippen molar-refractivity contribution >= 4 is 0 Å². The average molecular weight is 328 g/mol. The van der Waals surface area contributed by atoms with Gasteiger partial charge in [-0.3, -0.25) is 0 Å². The van der Waals surface area contributed by atoms with Crippen LogP contribution in [-0.4, -0.2) is 39.2 Å². The number of nitrogens with zero attached hydrogens (tertiary/aromatic N) is 1. The van der Waals surface area contributed by atoms with Crippen LogP contribution < -0.4 is 14.8 Å². The van der Waals surface area contributed by atoms with Gasteiger partial charge in [0.25, 0.3) is 0 Å². The highest BCUT2D eigenvalue weighted by Gasteiger charge is 2.10. The molecule has 0 aliphatic carbocycles. The molecule has 0 amide bonds. The number of benzene rings is 2. The van der Waals surface area contributed by atoms with Gasteiger partial charge >= 0.3 is 0 Å². The molecule has 0 fully saturated rings. The first-order chi connectivity index (χ1) is 11.6. The van der Waals surface area contributed by atoms with Gasteiger partial charge in [0.1, 0.15) is 6.61 Å². The van der Waals surface area contributed by atoms with Crippen molar-refractivity contribution in [2.24, 2.45) is 0 Å². The van der Waals surface area contributed by atoms with E-state index in [9.17, 15) is 0 Å². The predicted molar refractivity (Wildman–Crippen MR) is 98.8 cm³/mol. The number of hydrogen-bond donors (Lipinski definition) is 1. The Morgan fingerprint density at radius 3 is 2.46 bits per heavy atom. The van der Waals surface area contributed by atoms with Crippen molar-refractivity contribution in [2.75, 3.05) is 34.3 Å². The molecule has 0 aliphatic rings. The minimum atomic E-state index is 0.533. The Bertz CT molecular complexity index is 624. The average Bonchev–Trinajstić information content (AvgIpc) is 2.58. The molecule has 0 radical (unpaired) electrons. The van der Waals surface area contributed by atoms with Gasteiger partial charge in [-0.1, -0.05) is 42.0 Å². The summed E-state index contributed by atoms with van der Waals surface area (Å²) in [6.45, 7) is 5.31. The molecule has 0 unspecified atom stereocenters. The van der Waals surface area contributed by atoms with Crippen molar-refractivity contribution < 1.29 is 9.47 Å². The summed E-state index contributed by atoms with van der Waals surface area (Å²) in [6.07, 6.45) is 0. The van der Waals surface area contributed by atoms with E-state index in [1.54, 1.807) is 7.11 Å². The number of hydrogen-bond acceptors (Lipinski definition) is 4. The molecule has 0 spiro atoms. The highest BCUT2D eigenvalue weighted by molar-refractivity contribution is 5.46. The first-order valence-electron chi connectivity index (χ1n) is 8.30. The summed E-state index contributed by atoms with van der Waals surface area (Å²) in [5.74, 6) is 1.59. The maximum Gasteiger partial charge on any atom is 0.166 e. The van der Waals surface area contributed by atoms with Crippen LogP contribution in [-0.2, 0) is 13.2 Å². The number of ether oxygens (including phenoxy) is 2. The highest BCUT2D eigenvalue weighted by atomic mass is 16.5. The quantitative estimate of drug-likeness (QED) is 0.717. The van der Waals surface area contributed by atoms with Crippen molar-refractivity contribution in [1.82, 2.24) is 10.2 Å². The van der Waals surface area contributed by atoms with Crippen molar-refractivity contribution in [3.63, 3.8) is 0 Å². The largest absolute Gasteiger partial charge is 0.493 e. The maximum absolute atomic E-state index is 6.09. The predicted octanol–water partition coefficient (Wildman–Crippen LogP) is 3.23. The molecule has 0 bridgehead atoms. The van der Waals surface area contributed by atoms with E-state index in [-0.39, 0.29) is 0 Å². The highest BCUT2D eigenvalue weighted by Crippen LogP contribution is 2.31. The smallest absolute Gasteiger partial charge is 0.166 e. The topological polar surface area (TPSA) is 33.7 Å². The number of methoxy groups -OCH3 is 1. The second-order valence-corrected chi connectivity index (χ2v) is 6.20. The van der Waals surface area contributed by atoms with E-state index in [0.29, 0.717) is 6.61 Å². The first-order valence-corrected chi connectivity index (χ1v) is 8.30. The molecule has 130 valence electrons. The molecule has 2 aromatic carbocycles. The van der Waals surface area contributed by atoms with Crippen LogP contribution in [0.15, 0.2) is 42.5 Å². The molecule has 0 aliphatic heterocycles. The third-order valence-electron chi connectivity index (χ3n) is 3.84. The summed E-state index contributed by atoms with van der Waals surface area (Å²) < 4.78 is 11.6. The van der Waals surface area contributed by atoms with E-state index < -0.39 is 0 Å². The molecule has 1 N–H and O–H groups in total. The minimum absolute atomic E-state index is 0.533. The fraction of sp³-hybridized carbons (Fsp3) is 0.400. The molecular weight excluding hydrogens is 300 g/mol. The maximum atomic E-state index is 6.09. The normalized spacial score (nSPS) is 10.9. The van der Waals surface area contributed by atoms with Crippen molar-refractivity contribution in [3.8, 4) is 11.5 Å². The molecule has 0 saturated heterocycles. The van der Waals surface area contributed by atoms with Gasteiger partial charge in [-0.05, 0) is 32.6 Å². The van der Waals surface area contributed by atoms with Crippen LogP contribution in [0.2, 0.25) is 0 Å². The van der Waals surface area contributed by atoms with Crippen LogP contribution in [0.4, 0.5) is 0 Å². The van der Waals surface area contributed by atoms with Crippen molar-refractivity contribution in [1.29, 1.82) is 0 Å². The molecule has 0 aromatic heterocycles. The van der Waals surface area contributed by atoms with Crippen LogP contribution in [0.25, 0.3) is 0 Å². The van der Waals surface area contributed by atoms with Crippen LogP contribution in [0.3, 0.4) is 0 Å². The van der Waals surface area contributed by atoms with E-state index in [2.05, 4.69) is 61.6 Å². The van der Waals surface area contributed by atoms with E-state index >= 15 is 0 Å². The summed E-state index contributed by atoms with van der Waals surface area (Å²) in [5, 5.41) is 3.45. The summed E-state index contributed by atoms with van der Waals surface area (Å²) in [5.41, 5.74) is 3.51. The monoisotopic (exact) mass is 328 g/mol. The van der Waals surface area contributed by atoms with Gasteiger partial charge in [0.2, 0.25) is 0 Å². The van der Waals surface area contributed by atoms with E-state index in [0.717, 1.165) is 42.3 Å². The van der Waals surface area contributed by atoms with Crippen molar-refractivity contribution in [3.05, 3.63) is 59.2 Å². The van der Waals surface area contributed by atoms with Gasteiger partial charge in [0, 0.05) is 25.2 Å². The lowest BCUT2D eigenvalue weighted by Gasteiger charge is -2.16. The minimum Gasteiger partial charge on any atom is -0.493 e. The zero-order chi connectivity index (χ0) is 17.4. The number of likely N-dealkylation sites (N-methyl/N-ethyl adjacent to an activating group) is 1. The van der Waals surface area contributed by atoms with Crippen molar-refractivity contribution in [2.45, 2.75) is 20.1 Å². The second-order valence-electron chi connectivity index (χ2n) is 6.20. The van der Waals surface area contributed by atoms with Gasteiger partial charge in [-0.25, -0.2) is 0 Å². The zero-order valence-electron chi connectivity index (χ0n) is 15.1. The standard InChI is InChI=1S/C20H28N2O2/c1-16-8-10-17(11-9-16)15-24-20-18(6-5-7-19(20)23-4)14-21-12-13-22(2)3/h5-11,21H,12-15H2,1-4H3. The molecule has 0 heterocycles. The number of aryl methyl sites for hydroxylation is 1. The molecule has 4 heteroatoms.